The first-order chi connectivity index (χ1) is 10.7. The van der Waals surface area contributed by atoms with Crippen LogP contribution < -0.4 is 0 Å². The summed E-state index contributed by atoms with van der Waals surface area (Å²) in [4.78, 5) is 42.8. The maximum Gasteiger partial charge on any atom is 0.373 e. The molecule has 0 spiro atoms. The van der Waals surface area contributed by atoms with Crippen LogP contribution in [0.4, 0.5) is 0 Å². The molecule has 0 amide bonds. The Kier molecular flexibility index (Phi) is 8.86. The molecule has 1 rings (SSSR count). The highest BCUT2D eigenvalue weighted by Gasteiger charge is 2.20. The fourth-order valence-corrected chi connectivity index (χ4v) is 1.53. The number of hydrogen-bond acceptors (Lipinski definition) is 6. The van der Waals surface area contributed by atoms with Gasteiger partial charge in [0.2, 0.25) is 0 Å². The minimum absolute atomic E-state index is 0.0723. The molecular formula is C16H22O6. The molecule has 6 nitrogen and oxygen atoms in total. The lowest BCUT2D eigenvalue weighted by molar-refractivity contribution is -0.243. The molecule has 0 saturated carbocycles. The smallest absolute Gasteiger partial charge is 0.293 e. The van der Waals surface area contributed by atoms with Crippen LogP contribution in [0.15, 0.2) is 24.3 Å². The number of carbonyl (C=O) groups is 2. The van der Waals surface area contributed by atoms with Crippen molar-refractivity contribution < 1.29 is 29.1 Å². The zero-order chi connectivity index (χ0) is 16.2. The van der Waals surface area contributed by atoms with Gasteiger partial charge in [-0.1, -0.05) is 38.8 Å². The quantitative estimate of drug-likeness (QED) is 0.374. The summed E-state index contributed by atoms with van der Waals surface area (Å²) in [7, 11) is 0. The minimum atomic E-state index is -0.739. The summed E-state index contributed by atoms with van der Waals surface area (Å²) in [6.07, 6.45) is 3.41. The van der Waals surface area contributed by atoms with Gasteiger partial charge in [-0.25, -0.2) is 9.59 Å². The van der Waals surface area contributed by atoms with E-state index in [1.165, 1.54) is 12.1 Å². The van der Waals surface area contributed by atoms with Crippen molar-refractivity contribution in [2.75, 3.05) is 13.2 Å². The van der Waals surface area contributed by atoms with Crippen LogP contribution in [0, 0.1) is 0 Å². The monoisotopic (exact) mass is 310 g/mol. The van der Waals surface area contributed by atoms with E-state index >= 15 is 0 Å². The van der Waals surface area contributed by atoms with Gasteiger partial charge in [-0.3, -0.25) is 9.78 Å². The highest BCUT2D eigenvalue weighted by Crippen LogP contribution is 2.12. The number of carbonyl (C=O) groups excluding carboxylic acids is 2. The van der Waals surface area contributed by atoms with Crippen molar-refractivity contribution in [3.63, 3.8) is 0 Å². The van der Waals surface area contributed by atoms with Crippen molar-refractivity contribution in [3.8, 4) is 0 Å². The molecule has 0 unspecified atom stereocenters. The van der Waals surface area contributed by atoms with Gasteiger partial charge in [0.15, 0.2) is 0 Å². The van der Waals surface area contributed by atoms with E-state index in [4.69, 9.17) is 9.78 Å². The van der Waals surface area contributed by atoms with Crippen molar-refractivity contribution in [2.24, 2.45) is 0 Å². The first-order valence-corrected chi connectivity index (χ1v) is 7.47. The fourth-order valence-electron chi connectivity index (χ4n) is 1.53. The van der Waals surface area contributed by atoms with Gasteiger partial charge in [-0.15, -0.1) is 0 Å². The lowest BCUT2D eigenvalue weighted by Crippen LogP contribution is -2.15. The Morgan fingerprint density at radius 3 is 1.59 bits per heavy atom. The van der Waals surface area contributed by atoms with Crippen molar-refractivity contribution in [1.29, 1.82) is 0 Å². The van der Waals surface area contributed by atoms with E-state index in [1.54, 1.807) is 12.1 Å². The SMILES string of the molecule is CCCCOOC(=O)c1ccccc1C(=O)OOCCCC. The molecule has 0 radical (unpaired) electrons. The standard InChI is InChI=1S/C16H22O6/c1-3-5-11-19-21-15(17)13-9-7-8-10-14(13)16(18)22-20-12-6-4-2/h7-10H,3-6,11-12H2,1-2H3. The van der Waals surface area contributed by atoms with Crippen LogP contribution in [-0.4, -0.2) is 25.2 Å². The van der Waals surface area contributed by atoms with Gasteiger partial charge < -0.3 is 0 Å². The van der Waals surface area contributed by atoms with Crippen molar-refractivity contribution in [1.82, 2.24) is 0 Å². The van der Waals surface area contributed by atoms with E-state index in [1.807, 2.05) is 13.8 Å². The summed E-state index contributed by atoms with van der Waals surface area (Å²) >= 11 is 0. The summed E-state index contributed by atoms with van der Waals surface area (Å²) < 4.78 is 0. The molecule has 0 fully saturated rings. The molecule has 0 aromatic heterocycles. The van der Waals surface area contributed by atoms with Gasteiger partial charge in [0.25, 0.3) is 0 Å². The molecular weight excluding hydrogens is 288 g/mol. The molecule has 0 aliphatic carbocycles. The fraction of sp³-hybridized carbons (Fsp3) is 0.500. The van der Waals surface area contributed by atoms with E-state index in [0.717, 1.165) is 25.7 Å². The molecule has 0 heterocycles. The van der Waals surface area contributed by atoms with Crippen molar-refractivity contribution >= 4 is 11.9 Å². The van der Waals surface area contributed by atoms with Crippen LogP contribution in [0.2, 0.25) is 0 Å². The van der Waals surface area contributed by atoms with Gasteiger partial charge in [0.05, 0.1) is 24.3 Å². The van der Waals surface area contributed by atoms with Crippen LogP contribution in [0.1, 0.15) is 60.2 Å². The van der Waals surface area contributed by atoms with Gasteiger partial charge in [0.1, 0.15) is 0 Å². The average molecular weight is 310 g/mol. The Labute approximate surface area is 130 Å². The molecule has 6 heteroatoms. The zero-order valence-electron chi connectivity index (χ0n) is 13.0. The second-order valence-electron chi connectivity index (χ2n) is 4.64. The average Bonchev–Trinajstić information content (AvgIpc) is 2.55. The highest BCUT2D eigenvalue weighted by molar-refractivity contribution is 6.02. The summed E-state index contributed by atoms with van der Waals surface area (Å²) in [6.45, 7) is 4.62. The molecule has 0 saturated heterocycles. The third kappa shape index (κ3) is 6.24. The van der Waals surface area contributed by atoms with Crippen molar-refractivity contribution in [3.05, 3.63) is 35.4 Å². The summed E-state index contributed by atoms with van der Waals surface area (Å²) in [6, 6.07) is 6.18. The minimum Gasteiger partial charge on any atom is -0.293 e. The highest BCUT2D eigenvalue weighted by atomic mass is 17.2. The van der Waals surface area contributed by atoms with Crippen molar-refractivity contribution in [2.45, 2.75) is 39.5 Å². The summed E-state index contributed by atoms with van der Waals surface area (Å²) in [5, 5.41) is 0. The number of benzene rings is 1. The molecule has 1 aromatic carbocycles. The number of unbranched alkanes of at least 4 members (excludes halogenated alkanes) is 2. The maximum absolute atomic E-state index is 11.9. The van der Waals surface area contributed by atoms with E-state index in [9.17, 15) is 9.59 Å². The van der Waals surface area contributed by atoms with E-state index in [-0.39, 0.29) is 11.1 Å². The third-order valence-electron chi connectivity index (χ3n) is 2.80. The van der Waals surface area contributed by atoms with E-state index < -0.39 is 11.9 Å². The lowest BCUT2D eigenvalue weighted by atomic mass is 10.1. The van der Waals surface area contributed by atoms with Gasteiger partial charge in [0, 0.05) is 0 Å². The molecule has 0 aliphatic heterocycles. The zero-order valence-corrected chi connectivity index (χ0v) is 13.0. The van der Waals surface area contributed by atoms with E-state index in [0.29, 0.717) is 13.2 Å². The Balaban J connectivity index is 2.60. The largest absolute Gasteiger partial charge is 0.373 e. The lowest BCUT2D eigenvalue weighted by Gasteiger charge is -2.08. The number of hydrogen-bond donors (Lipinski definition) is 0. The molecule has 0 N–H and O–H groups in total. The molecule has 0 aliphatic rings. The third-order valence-corrected chi connectivity index (χ3v) is 2.80. The van der Waals surface area contributed by atoms with Gasteiger partial charge in [-0.05, 0) is 25.0 Å². The second kappa shape index (κ2) is 10.8. The first kappa shape index (κ1) is 18.1. The molecule has 0 bridgehead atoms. The van der Waals surface area contributed by atoms with E-state index in [2.05, 4.69) is 9.78 Å². The topological polar surface area (TPSA) is 71.1 Å². The number of rotatable bonds is 10. The molecule has 1 aromatic rings. The van der Waals surface area contributed by atoms with Crippen LogP contribution in [-0.2, 0) is 19.6 Å². The van der Waals surface area contributed by atoms with Crippen LogP contribution in [0.3, 0.4) is 0 Å². The van der Waals surface area contributed by atoms with Crippen LogP contribution in [0.25, 0.3) is 0 Å². The summed E-state index contributed by atoms with van der Waals surface area (Å²) in [5.74, 6) is -1.48. The predicted octanol–water partition coefficient (Wildman–Crippen LogP) is 3.46. The molecule has 0 atom stereocenters. The van der Waals surface area contributed by atoms with Crippen LogP contribution in [0.5, 0.6) is 0 Å². The normalized spacial score (nSPS) is 10.3. The van der Waals surface area contributed by atoms with Gasteiger partial charge >= 0.3 is 11.9 Å². The summed E-state index contributed by atoms with van der Waals surface area (Å²) in [5.41, 5.74) is 0.145. The molecule has 22 heavy (non-hydrogen) atoms. The second-order valence-corrected chi connectivity index (χ2v) is 4.64. The Bertz CT molecular complexity index is 428. The van der Waals surface area contributed by atoms with Gasteiger partial charge in [-0.2, -0.15) is 9.78 Å². The Morgan fingerprint density at radius 1 is 0.818 bits per heavy atom. The molecule has 122 valence electrons. The Morgan fingerprint density at radius 2 is 1.23 bits per heavy atom. The van der Waals surface area contributed by atoms with Crippen LogP contribution >= 0.6 is 0 Å². The first-order valence-electron chi connectivity index (χ1n) is 7.47. The Hall–Kier alpha value is -1.92. The predicted molar refractivity (Wildman–Crippen MR) is 79.0 cm³/mol. The maximum atomic E-state index is 11.9.